The Labute approximate surface area is 91.8 Å². The van der Waals surface area contributed by atoms with Gasteiger partial charge in [-0.05, 0) is 13.0 Å². The summed E-state index contributed by atoms with van der Waals surface area (Å²) >= 11 is 0. The maximum Gasteiger partial charge on any atom is 0.257 e. The second-order valence-corrected chi connectivity index (χ2v) is 3.39. The van der Waals surface area contributed by atoms with Gasteiger partial charge < -0.3 is 15.6 Å². The molecule has 3 N–H and O–H groups in total. The van der Waals surface area contributed by atoms with E-state index in [-0.39, 0.29) is 5.91 Å². The highest BCUT2D eigenvalue weighted by molar-refractivity contribution is 5.96. The first-order valence-corrected chi connectivity index (χ1v) is 4.92. The smallest absolute Gasteiger partial charge is 0.257 e. The lowest BCUT2D eigenvalue weighted by Gasteiger charge is -2.02. The zero-order chi connectivity index (χ0) is 11.5. The predicted molar refractivity (Wildman–Crippen MR) is 57.9 cm³/mol. The van der Waals surface area contributed by atoms with Crippen LogP contribution in [0, 0.1) is 6.92 Å². The third kappa shape index (κ3) is 1.87. The molecule has 84 valence electrons. The Hall–Kier alpha value is -1.95. The summed E-state index contributed by atoms with van der Waals surface area (Å²) in [4.78, 5) is 15.6. The van der Waals surface area contributed by atoms with Gasteiger partial charge in [0.05, 0.1) is 16.6 Å². The number of pyridine rings is 1. The summed E-state index contributed by atoms with van der Waals surface area (Å²) in [6, 6.07) is 1.71. The SMILES string of the molecule is Cc1noc2ncc(C(=O)NCCN)cc12. The molecule has 0 fully saturated rings. The number of rotatable bonds is 3. The van der Waals surface area contributed by atoms with E-state index in [0.29, 0.717) is 24.4 Å². The minimum Gasteiger partial charge on any atom is -0.351 e. The summed E-state index contributed by atoms with van der Waals surface area (Å²) in [5.74, 6) is -0.194. The molecular weight excluding hydrogens is 208 g/mol. The zero-order valence-corrected chi connectivity index (χ0v) is 8.86. The number of nitrogens with zero attached hydrogens (tertiary/aromatic N) is 2. The van der Waals surface area contributed by atoms with Gasteiger partial charge in [0.2, 0.25) is 0 Å². The fraction of sp³-hybridized carbons (Fsp3) is 0.300. The Kier molecular flexibility index (Phi) is 2.82. The monoisotopic (exact) mass is 220 g/mol. The molecule has 0 bridgehead atoms. The molecule has 0 unspecified atom stereocenters. The van der Waals surface area contributed by atoms with Gasteiger partial charge in [-0.15, -0.1) is 0 Å². The van der Waals surface area contributed by atoms with Crippen molar-refractivity contribution in [1.29, 1.82) is 0 Å². The second kappa shape index (κ2) is 4.28. The van der Waals surface area contributed by atoms with Gasteiger partial charge in [0.25, 0.3) is 11.6 Å². The topological polar surface area (TPSA) is 94.0 Å². The molecule has 0 aliphatic rings. The molecule has 0 aromatic carbocycles. The molecule has 0 spiro atoms. The van der Waals surface area contributed by atoms with Crippen molar-refractivity contribution >= 4 is 17.0 Å². The molecule has 0 saturated heterocycles. The molecule has 6 heteroatoms. The number of carbonyl (C=O) groups excluding carboxylic acids is 1. The number of aryl methyl sites for hydroxylation is 1. The third-order valence-corrected chi connectivity index (χ3v) is 2.20. The van der Waals surface area contributed by atoms with Crippen LogP contribution < -0.4 is 11.1 Å². The summed E-state index contributed by atoms with van der Waals surface area (Å²) < 4.78 is 4.95. The standard InChI is InChI=1S/C10H12N4O2/c1-6-8-4-7(9(15)12-3-2-11)5-13-10(8)16-14-6/h4-5H,2-3,11H2,1H3,(H,12,15). The Morgan fingerprint density at radius 1 is 1.62 bits per heavy atom. The normalized spacial score (nSPS) is 10.6. The number of carbonyl (C=O) groups is 1. The van der Waals surface area contributed by atoms with Gasteiger partial charge in [0.15, 0.2) is 0 Å². The van der Waals surface area contributed by atoms with Crippen molar-refractivity contribution in [2.75, 3.05) is 13.1 Å². The molecule has 0 atom stereocenters. The van der Waals surface area contributed by atoms with Crippen LogP contribution in [0.5, 0.6) is 0 Å². The quantitative estimate of drug-likeness (QED) is 0.771. The zero-order valence-electron chi connectivity index (χ0n) is 8.86. The minimum absolute atomic E-state index is 0.194. The number of hydrogen-bond donors (Lipinski definition) is 2. The van der Waals surface area contributed by atoms with E-state index in [1.807, 2.05) is 0 Å². The fourth-order valence-electron chi connectivity index (χ4n) is 1.36. The first-order valence-electron chi connectivity index (χ1n) is 4.92. The van der Waals surface area contributed by atoms with E-state index in [1.54, 1.807) is 13.0 Å². The van der Waals surface area contributed by atoms with Gasteiger partial charge in [0.1, 0.15) is 0 Å². The highest BCUT2D eigenvalue weighted by atomic mass is 16.5. The van der Waals surface area contributed by atoms with Crippen LogP contribution in [0.25, 0.3) is 11.1 Å². The number of fused-ring (bicyclic) bond motifs is 1. The summed E-state index contributed by atoms with van der Waals surface area (Å²) in [6.07, 6.45) is 1.46. The molecule has 16 heavy (non-hydrogen) atoms. The van der Waals surface area contributed by atoms with Gasteiger partial charge in [-0.1, -0.05) is 5.16 Å². The van der Waals surface area contributed by atoms with Gasteiger partial charge in [0, 0.05) is 19.3 Å². The Morgan fingerprint density at radius 3 is 3.19 bits per heavy atom. The van der Waals surface area contributed by atoms with Crippen LogP contribution in [-0.2, 0) is 0 Å². The first-order chi connectivity index (χ1) is 7.72. The van der Waals surface area contributed by atoms with Gasteiger partial charge in [-0.2, -0.15) is 0 Å². The highest BCUT2D eigenvalue weighted by Gasteiger charge is 2.10. The van der Waals surface area contributed by atoms with Gasteiger partial charge in [-0.3, -0.25) is 4.79 Å². The average Bonchev–Trinajstić information content (AvgIpc) is 2.67. The van der Waals surface area contributed by atoms with E-state index in [0.717, 1.165) is 11.1 Å². The molecule has 0 saturated carbocycles. The lowest BCUT2D eigenvalue weighted by Crippen LogP contribution is -2.29. The van der Waals surface area contributed by atoms with E-state index in [1.165, 1.54) is 6.20 Å². The van der Waals surface area contributed by atoms with Crippen LogP contribution in [-0.4, -0.2) is 29.1 Å². The summed E-state index contributed by atoms with van der Waals surface area (Å²) in [7, 11) is 0. The number of aromatic nitrogens is 2. The molecule has 2 aromatic rings. The first kappa shape index (κ1) is 10.6. The van der Waals surface area contributed by atoms with Gasteiger partial charge >= 0.3 is 0 Å². The van der Waals surface area contributed by atoms with E-state index in [2.05, 4.69) is 15.5 Å². The van der Waals surface area contributed by atoms with E-state index in [9.17, 15) is 4.79 Å². The van der Waals surface area contributed by atoms with E-state index >= 15 is 0 Å². The van der Waals surface area contributed by atoms with Crippen molar-refractivity contribution in [1.82, 2.24) is 15.5 Å². The summed E-state index contributed by atoms with van der Waals surface area (Å²) in [5.41, 5.74) is 6.93. The largest absolute Gasteiger partial charge is 0.351 e. The van der Waals surface area contributed by atoms with Gasteiger partial charge in [-0.25, -0.2) is 4.98 Å². The highest BCUT2D eigenvalue weighted by Crippen LogP contribution is 2.16. The minimum atomic E-state index is -0.194. The van der Waals surface area contributed by atoms with Crippen molar-refractivity contribution in [3.8, 4) is 0 Å². The van der Waals surface area contributed by atoms with Crippen LogP contribution >= 0.6 is 0 Å². The van der Waals surface area contributed by atoms with Crippen LogP contribution in [0.1, 0.15) is 16.1 Å². The number of amides is 1. The Morgan fingerprint density at radius 2 is 2.44 bits per heavy atom. The molecule has 2 heterocycles. The van der Waals surface area contributed by atoms with Crippen molar-refractivity contribution in [2.24, 2.45) is 5.73 Å². The number of nitrogens with one attached hydrogen (secondary N) is 1. The lowest BCUT2D eigenvalue weighted by atomic mass is 10.2. The molecular formula is C10H12N4O2. The summed E-state index contributed by atoms with van der Waals surface area (Å²) in [6.45, 7) is 2.66. The third-order valence-electron chi connectivity index (χ3n) is 2.20. The van der Waals surface area contributed by atoms with E-state index < -0.39 is 0 Å². The summed E-state index contributed by atoms with van der Waals surface area (Å²) in [5, 5.41) is 7.19. The second-order valence-electron chi connectivity index (χ2n) is 3.39. The lowest BCUT2D eigenvalue weighted by molar-refractivity contribution is 0.0954. The Balaban J connectivity index is 2.31. The van der Waals surface area contributed by atoms with Crippen molar-refractivity contribution < 1.29 is 9.32 Å². The maximum atomic E-state index is 11.6. The van der Waals surface area contributed by atoms with Crippen LogP contribution in [0.15, 0.2) is 16.8 Å². The number of hydrogen-bond acceptors (Lipinski definition) is 5. The van der Waals surface area contributed by atoms with Crippen LogP contribution in [0.3, 0.4) is 0 Å². The predicted octanol–water partition coefficient (Wildman–Crippen LogP) is 0.220. The molecule has 2 aromatic heterocycles. The maximum absolute atomic E-state index is 11.6. The van der Waals surface area contributed by atoms with Crippen LogP contribution in [0.2, 0.25) is 0 Å². The van der Waals surface area contributed by atoms with Crippen molar-refractivity contribution in [2.45, 2.75) is 6.92 Å². The molecule has 1 amide bonds. The molecule has 2 rings (SSSR count). The van der Waals surface area contributed by atoms with Crippen molar-refractivity contribution in [3.05, 3.63) is 23.5 Å². The molecule has 0 aliphatic carbocycles. The molecule has 0 radical (unpaired) electrons. The van der Waals surface area contributed by atoms with E-state index in [4.69, 9.17) is 10.3 Å². The van der Waals surface area contributed by atoms with Crippen LogP contribution in [0.4, 0.5) is 0 Å². The van der Waals surface area contributed by atoms with Crippen molar-refractivity contribution in [3.63, 3.8) is 0 Å². The number of nitrogens with two attached hydrogens (primary N) is 1. The average molecular weight is 220 g/mol. The Bertz CT molecular complexity index is 521. The fourth-order valence-corrected chi connectivity index (χ4v) is 1.36. The molecule has 0 aliphatic heterocycles. The molecule has 6 nitrogen and oxygen atoms in total.